The van der Waals surface area contributed by atoms with E-state index in [4.69, 9.17) is 25.5 Å². The predicted octanol–water partition coefficient (Wildman–Crippen LogP) is 2.95. The molecule has 0 aromatic rings. The molecule has 35 heavy (non-hydrogen) atoms. The molecule has 1 heterocycles. The van der Waals surface area contributed by atoms with E-state index in [0.29, 0.717) is 37.1 Å². The number of carboxylic acids is 2. The van der Waals surface area contributed by atoms with Gasteiger partial charge < -0.3 is 30.6 Å². The highest BCUT2D eigenvalue weighted by atomic mass is 16.7. The Balaban J connectivity index is 0.000000314. The Bertz CT molecular complexity index is 905. The maximum atomic E-state index is 10.6. The zero-order chi connectivity index (χ0) is 25.6. The van der Waals surface area contributed by atoms with Crippen molar-refractivity contribution in [2.45, 2.75) is 89.4 Å². The standard InChI is InChI=1S/C22H36N2O3.C4H4O4/c1-19-9-7-16-14(15(19)4-5-18(19)25)6-11-22-20(16,2)10-8-17(21(22,3)27-22)24-26-13-12-23;5-3(6)1-2-4(7)8/h14-16,18,25H,4-13,23H2,1-3H3;1-2H,(H,5,6)(H,7,8)/b24-17+;2-1+/t14-,15-,16-,18-,19-,20+,21-,22-;/m0./s1. The van der Waals surface area contributed by atoms with E-state index in [-0.39, 0.29) is 28.1 Å². The molecular formula is C26H40N2O7. The number of nitrogens with zero attached hydrogens (tertiary/aromatic N) is 1. The molecule has 4 aliphatic carbocycles. The summed E-state index contributed by atoms with van der Waals surface area (Å²) in [6.45, 7) is 8.06. The fraction of sp³-hybridized carbons (Fsp3) is 0.808. The van der Waals surface area contributed by atoms with Crippen LogP contribution in [0.25, 0.3) is 0 Å². The first-order valence-electron chi connectivity index (χ1n) is 12.9. The van der Waals surface area contributed by atoms with Crippen molar-refractivity contribution >= 4 is 17.7 Å². The van der Waals surface area contributed by atoms with Crippen LogP contribution >= 0.6 is 0 Å². The lowest BCUT2D eigenvalue weighted by Crippen LogP contribution is -2.60. The summed E-state index contributed by atoms with van der Waals surface area (Å²) < 4.78 is 6.62. The first-order chi connectivity index (χ1) is 16.4. The Morgan fingerprint density at radius 1 is 1.06 bits per heavy atom. The van der Waals surface area contributed by atoms with Crippen LogP contribution in [0, 0.1) is 28.6 Å². The van der Waals surface area contributed by atoms with Gasteiger partial charge >= 0.3 is 11.9 Å². The number of aliphatic carboxylic acids is 2. The zero-order valence-electron chi connectivity index (χ0n) is 21.0. The van der Waals surface area contributed by atoms with E-state index in [1.807, 2.05) is 0 Å². The summed E-state index contributed by atoms with van der Waals surface area (Å²) >= 11 is 0. The van der Waals surface area contributed by atoms with Crippen LogP contribution in [-0.2, 0) is 19.2 Å². The molecule has 5 fully saturated rings. The summed E-state index contributed by atoms with van der Waals surface area (Å²) in [5.74, 6) is -0.368. The molecule has 8 atom stereocenters. The third kappa shape index (κ3) is 4.00. The minimum Gasteiger partial charge on any atom is -0.478 e. The highest BCUT2D eigenvalue weighted by Crippen LogP contribution is 2.75. The Morgan fingerprint density at radius 3 is 2.37 bits per heavy atom. The number of hydrogen-bond acceptors (Lipinski definition) is 7. The summed E-state index contributed by atoms with van der Waals surface area (Å²) in [5.41, 5.74) is 6.67. The van der Waals surface area contributed by atoms with Crippen molar-refractivity contribution in [3.05, 3.63) is 12.2 Å². The first-order valence-corrected chi connectivity index (χ1v) is 12.9. The summed E-state index contributed by atoms with van der Waals surface area (Å²) in [6, 6.07) is 0. The molecule has 1 aliphatic heterocycles. The van der Waals surface area contributed by atoms with Crippen LogP contribution in [0.5, 0.6) is 0 Å². The van der Waals surface area contributed by atoms with Gasteiger partial charge in [0.05, 0.1) is 11.8 Å². The highest BCUT2D eigenvalue weighted by molar-refractivity contribution is 5.97. The molecule has 1 spiro atoms. The van der Waals surface area contributed by atoms with E-state index in [2.05, 4.69) is 25.9 Å². The number of aliphatic hydroxyl groups excluding tert-OH is 1. The second kappa shape index (κ2) is 9.16. The number of carbonyl (C=O) groups is 2. The van der Waals surface area contributed by atoms with E-state index >= 15 is 0 Å². The normalized spacial score (nSPS) is 46.5. The van der Waals surface area contributed by atoms with Crippen molar-refractivity contribution in [1.82, 2.24) is 0 Å². The van der Waals surface area contributed by atoms with Crippen LogP contribution in [0.15, 0.2) is 17.3 Å². The van der Waals surface area contributed by atoms with Gasteiger partial charge in [0.2, 0.25) is 0 Å². The average Bonchev–Trinajstić information content (AvgIpc) is 3.33. The molecule has 1 saturated heterocycles. The Labute approximate surface area is 206 Å². The molecule has 0 radical (unpaired) electrons. The molecular weight excluding hydrogens is 452 g/mol. The van der Waals surface area contributed by atoms with Gasteiger partial charge in [0.25, 0.3) is 0 Å². The molecule has 4 saturated carbocycles. The van der Waals surface area contributed by atoms with E-state index in [0.717, 1.165) is 37.3 Å². The van der Waals surface area contributed by atoms with Crippen molar-refractivity contribution in [2.75, 3.05) is 13.2 Å². The molecule has 9 heteroatoms. The third-order valence-corrected chi connectivity index (χ3v) is 10.2. The fourth-order valence-corrected chi connectivity index (χ4v) is 8.43. The molecule has 0 aromatic carbocycles. The van der Waals surface area contributed by atoms with Gasteiger partial charge in [-0.05, 0) is 81.5 Å². The average molecular weight is 493 g/mol. The van der Waals surface area contributed by atoms with Gasteiger partial charge in [-0.1, -0.05) is 19.0 Å². The van der Waals surface area contributed by atoms with E-state index in [9.17, 15) is 14.7 Å². The van der Waals surface area contributed by atoms with Crippen LogP contribution in [0.1, 0.15) is 72.1 Å². The number of ether oxygens (including phenoxy) is 1. The zero-order valence-corrected chi connectivity index (χ0v) is 21.0. The van der Waals surface area contributed by atoms with Crippen molar-refractivity contribution < 1.29 is 34.5 Å². The minimum absolute atomic E-state index is 0.0602. The number of aliphatic hydroxyl groups is 1. The first kappa shape index (κ1) is 26.1. The van der Waals surface area contributed by atoms with Crippen molar-refractivity contribution in [3.63, 3.8) is 0 Å². The number of fused-ring (bicyclic) bond motifs is 4. The summed E-state index contributed by atoms with van der Waals surface area (Å²) in [6.07, 6.45) is 10.1. The second-order valence-electron chi connectivity index (χ2n) is 11.6. The highest BCUT2D eigenvalue weighted by Gasteiger charge is 2.82. The Hall–Kier alpha value is -1.97. The number of hydrogen-bond donors (Lipinski definition) is 4. The molecule has 0 amide bonds. The molecule has 196 valence electrons. The minimum atomic E-state index is -1.26. The topological polar surface area (TPSA) is 155 Å². The van der Waals surface area contributed by atoms with Gasteiger partial charge in [-0.15, -0.1) is 0 Å². The van der Waals surface area contributed by atoms with Gasteiger partial charge in [-0.3, -0.25) is 0 Å². The molecule has 5 aliphatic rings. The maximum Gasteiger partial charge on any atom is 0.328 e. The fourth-order valence-electron chi connectivity index (χ4n) is 8.43. The predicted molar refractivity (Wildman–Crippen MR) is 129 cm³/mol. The van der Waals surface area contributed by atoms with Crippen molar-refractivity contribution in [3.8, 4) is 0 Å². The number of carboxylic acid groups (broad SMARTS) is 2. The van der Waals surface area contributed by atoms with E-state index in [1.54, 1.807) is 0 Å². The lowest BCUT2D eigenvalue weighted by atomic mass is 9.43. The molecule has 0 aromatic heterocycles. The summed E-state index contributed by atoms with van der Waals surface area (Å²) in [4.78, 5) is 24.5. The van der Waals surface area contributed by atoms with Crippen LogP contribution in [-0.4, -0.2) is 63.4 Å². The van der Waals surface area contributed by atoms with Crippen LogP contribution in [0.2, 0.25) is 0 Å². The largest absolute Gasteiger partial charge is 0.478 e. The number of epoxide rings is 1. The monoisotopic (exact) mass is 492 g/mol. The van der Waals surface area contributed by atoms with Gasteiger partial charge in [-0.2, -0.15) is 0 Å². The Morgan fingerprint density at radius 2 is 1.74 bits per heavy atom. The molecule has 9 nitrogen and oxygen atoms in total. The smallest absolute Gasteiger partial charge is 0.328 e. The Kier molecular flexibility index (Phi) is 6.83. The van der Waals surface area contributed by atoms with Crippen molar-refractivity contribution in [1.29, 1.82) is 0 Å². The maximum absolute atomic E-state index is 10.6. The number of oxime groups is 1. The second-order valence-corrected chi connectivity index (χ2v) is 11.6. The lowest BCUT2D eigenvalue weighted by molar-refractivity contribution is -0.134. The van der Waals surface area contributed by atoms with Crippen LogP contribution in [0.3, 0.4) is 0 Å². The lowest BCUT2D eigenvalue weighted by Gasteiger charge is -2.59. The van der Waals surface area contributed by atoms with E-state index in [1.165, 1.54) is 25.7 Å². The SMILES string of the molecule is C[C@]12CC[C@H]3[C@@H](CC[C@@]45O[C@@]4(C)/C(=N/OCCN)CC[C@]35C)[C@@H]1CC[C@@H]2O.O=C(O)/C=C/C(=O)O. The van der Waals surface area contributed by atoms with E-state index < -0.39 is 11.9 Å². The molecule has 0 unspecified atom stereocenters. The molecule has 5 N–H and O–H groups in total. The summed E-state index contributed by atoms with van der Waals surface area (Å²) in [7, 11) is 0. The number of rotatable bonds is 5. The van der Waals surface area contributed by atoms with Gasteiger partial charge in [0.1, 0.15) is 17.8 Å². The van der Waals surface area contributed by atoms with Crippen LogP contribution in [0.4, 0.5) is 0 Å². The summed E-state index contributed by atoms with van der Waals surface area (Å²) in [5, 5.41) is 30.7. The third-order valence-electron chi connectivity index (χ3n) is 10.2. The van der Waals surface area contributed by atoms with Crippen LogP contribution < -0.4 is 5.73 Å². The van der Waals surface area contributed by atoms with Crippen molar-refractivity contribution in [2.24, 2.45) is 39.5 Å². The molecule has 0 bridgehead atoms. The van der Waals surface area contributed by atoms with Gasteiger partial charge in [-0.25, -0.2) is 9.59 Å². The van der Waals surface area contributed by atoms with Gasteiger partial charge in [0, 0.05) is 24.1 Å². The van der Waals surface area contributed by atoms with Gasteiger partial charge in [0.15, 0.2) is 0 Å². The molecule has 5 rings (SSSR count). The number of nitrogens with two attached hydrogens (primary N) is 1. The quantitative estimate of drug-likeness (QED) is 0.198.